The lowest BCUT2D eigenvalue weighted by atomic mass is 10.3. The summed E-state index contributed by atoms with van der Waals surface area (Å²) in [4.78, 5) is 29.8. The number of carbonyl (C=O) groups is 3. The Kier molecular flexibility index (Phi) is 3.79. The molecule has 0 aromatic carbocycles. The first-order chi connectivity index (χ1) is 4.66. The van der Waals surface area contributed by atoms with E-state index in [1.165, 1.54) is 0 Å². The number of carboxylic acids is 1. The predicted molar refractivity (Wildman–Crippen MR) is 32.5 cm³/mol. The van der Waals surface area contributed by atoms with Crippen molar-refractivity contribution in [3.05, 3.63) is 12.2 Å². The highest BCUT2D eigenvalue weighted by atomic mass is 16.4. The smallest absolute Gasteiger partial charge is 0.328 e. The number of allylic oxidation sites excluding steroid dienone is 1. The fraction of sp³-hybridized carbons (Fsp3) is 0.167. The van der Waals surface area contributed by atoms with Crippen molar-refractivity contribution in [3.63, 3.8) is 0 Å². The highest BCUT2D eigenvalue weighted by molar-refractivity contribution is 6.00. The summed E-state index contributed by atoms with van der Waals surface area (Å²) in [6.45, 7) is 0. The van der Waals surface area contributed by atoms with E-state index in [2.05, 4.69) is 0 Å². The van der Waals surface area contributed by atoms with Gasteiger partial charge in [0.1, 0.15) is 6.29 Å². The summed E-state index contributed by atoms with van der Waals surface area (Å²) in [5.74, 6) is -1.70. The van der Waals surface area contributed by atoms with Gasteiger partial charge in [-0.25, -0.2) is 4.79 Å². The molecule has 0 rings (SSSR count). The minimum atomic E-state index is -1.20. The summed E-state index contributed by atoms with van der Waals surface area (Å²) in [6, 6.07) is 0. The Balaban J connectivity index is 3.77. The Morgan fingerprint density at radius 1 is 1.30 bits per heavy atom. The number of rotatable bonds is 4. The van der Waals surface area contributed by atoms with Gasteiger partial charge in [0.05, 0.1) is 6.42 Å². The van der Waals surface area contributed by atoms with Crippen molar-refractivity contribution in [2.45, 2.75) is 6.42 Å². The molecule has 0 amide bonds. The highest BCUT2D eigenvalue weighted by Gasteiger charge is 1.94. The van der Waals surface area contributed by atoms with E-state index in [1.807, 2.05) is 0 Å². The van der Waals surface area contributed by atoms with Crippen LogP contribution in [0.3, 0.4) is 0 Å². The maximum Gasteiger partial charge on any atom is 0.328 e. The zero-order chi connectivity index (χ0) is 7.98. The largest absolute Gasteiger partial charge is 0.478 e. The fourth-order valence-electron chi connectivity index (χ4n) is 0.314. The molecular weight excluding hydrogens is 136 g/mol. The van der Waals surface area contributed by atoms with Gasteiger partial charge in [-0.15, -0.1) is 0 Å². The molecule has 54 valence electrons. The topological polar surface area (TPSA) is 71.4 Å². The number of hydrogen-bond donors (Lipinski definition) is 1. The van der Waals surface area contributed by atoms with Crippen LogP contribution in [0.5, 0.6) is 0 Å². The summed E-state index contributed by atoms with van der Waals surface area (Å²) in [6.07, 6.45) is 1.72. The zero-order valence-electron chi connectivity index (χ0n) is 5.11. The molecule has 1 N–H and O–H groups in total. The van der Waals surface area contributed by atoms with Crippen LogP contribution in [-0.2, 0) is 14.4 Å². The van der Waals surface area contributed by atoms with E-state index < -0.39 is 11.8 Å². The lowest BCUT2D eigenvalue weighted by Crippen LogP contribution is -1.95. The number of carboxylic acid groups (broad SMARTS) is 1. The molecule has 0 aromatic heterocycles. The maximum absolute atomic E-state index is 10.4. The van der Waals surface area contributed by atoms with Crippen molar-refractivity contribution < 1.29 is 19.5 Å². The zero-order valence-corrected chi connectivity index (χ0v) is 5.11. The normalized spacial score (nSPS) is 9.60. The van der Waals surface area contributed by atoms with E-state index in [0.29, 0.717) is 12.4 Å². The summed E-state index contributed by atoms with van der Waals surface area (Å²) in [7, 11) is 0. The van der Waals surface area contributed by atoms with E-state index in [0.717, 1.165) is 6.08 Å². The maximum atomic E-state index is 10.4. The average Bonchev–Trinajstić information content (AvgIpc) is 1.85. The van der Waals surface area contributed by atoms with Gasteiger partial charge in [-0.05, 0) is 6.08 Å². The average molecular weight is 142 g/mol. The third-order valence-electron chi connectivity index (χ3n) is 0.696. The first-order valence-electron chi connectivity index (χ1n) is 2.54. The molecule has 4 heteroatoms. The van der Waals surface area contributed by atoms with Crippen LogP contribution < -0.4 is 0 Å². The van der Waals surface area contributed by atoms with Crippen molar-refractivity contribution in [3.8, 4) is 0 Å². The van der Waals surface area contributed by atoms with Crippen molar-refractivity contribution in [2.24, 2.45) is 0 Å². The van der Waals surface area contributed by atoms with E-state index in [-0.39, 0.29) is 6.42 Å². The van der Waals surface area contributed by atoms with Gasteiger partial charge in [-0.3, -0.25) is 4.79 Å². The molecule has 0 aromatic rings. The van der Waals surface area contributed by atoms with E-state index >= 15 is 0 Å². The van der Waals surface area contributed by atoms with Gasteiger partial charge < -0.3 is 9.90 Å². The van der Waals surface area contributed by atoms with Gasteiger partial charge >= 0.3 is 5.97 Å². The van der Waals surface area contributed by atoms with Crippen LogP contribution >= 0.6 is 0 Å². The van der Waals surface area contributed by atoms with Crippen LogP contribution in [0.4, 0.5) is 0 Å². The SMILES string of the molecule is O=CCC(=O)/C=C/C(=O)O. The molecule has 0 atom stereocenters. The molecule has 0 aliphatic carbocycles. The van der Waals surface area contributed by atoms with Crippen LogP contribution in [0.15, 0.2) is 12.2 Å². The molecular formula is C6H6O4. The van der Waals surface area contributed by atoms with Gasteiger partial charge in [0.2, 0.25) is 0 Å². The summed E-state index contributed by atoms with van der Waals surface area (Å²) < 4.78 is 0. The van der Waals surface area contributed by atoms with Crippen LogP contribution in [0.25, 0.3) is 0 Å². The number of ketones is 1. The van der Waals surface area contributed by atoms with Gasteiger partial charge in [0, 0.05) is 6.08 Å². The van der Waals surface area contributed by atoms with Gasteiger partial charge in [0.25, 0.3) is 0 Å². The third-order valence-corrected chi connectivity index (χ3v) is 0.696. The highest BCUT2D eigenvalue weighted by Crippen LogP contribution is 1.80. The van der Waals surface area contributed by atoms with Crippen molar-refractivity contribution in [1.29, 1.82) is 0 Å². The summed E-state index contributed by atoms with van der Waals surface area (Å²) >= 11 is 0. The predicted octanol–water partition coefficient (Wildman–Crippen LogP) is -0.215. The molecule has 4 nitrogen and oxygen atoms in total. The molecule has 0 saturated carbocycles. The summed E-state index contributed by atoms with van der Waals surface area (Å²) in [5.41, 5.74) is 0. The Morgan fingerprint density at radius 3 is 2.30 bits per heavy atom. The molecule has 0 aliphatic heterocycles. The fourth-order valence-corrected chi connectivity index (χ4v) is 0.314. The first-order valence-corrected chi connectivity index (χ1v) is 2.54. The Labute approximate surface area is 57.2 Å². The number of aliphatic carboxylic acids is 1. The van der Waals surface area contributed by atoms with Crippen LogP contribution in [-0.4, -0.2) is 23.1 Å². The molecule has 0 bridgehead atoms. The molecule has 0 saturated heterocycles. The number of carbonyl (C=O) groups excluding carboxylic acids is 2. The lowest BCUT2D eigenvalue weighted by molar-refractivity contribution is -0.131. The lowest BCUT2D eigenvalue weighted by Gasteiger charge is -1.80. The molecule has 0 fully saturated rings. The molecule has 0 spiro atoms. The molecule has 10 heavy (non-hydrogen) atoms. The second kappa shape index (κ2) is 4.43. The van der Waals surface area contributed by atoms with E-state index in [4.69, 9.17) is 5.11 Å². The third kappa shape index (κ3) is 4.70. The minimum absolute atomic E-state index is 0.260. The number of aldehydes is 1. The Hall–Kier alpha value is -1.45. The molecule has 0 heterocycles. The van der Waals surface area contributed by atoms with E-state index in [9.17, 15) is 14.4 Å². The van der Waals surface area contributed by atoms with Gasteiger partial charge in [-0.1, -0.05) is 0 Å². The standard InChI is InChI=1S/C6H6O4/c7-4-3-5(8)1-2-6(9)10/h1-2,4H,3H2,(H,9,10)/b2-1+. The van der Waals surface area contributed by atoms with Crippen molar-refractivity contribution in [1.82, 2.24) is 0 Å². The molecule has 0 unspecified atom stereocenters. The van der Waals surface area contributed by atoms with Crippen molar-refractivity contribution >= 4 is 18.0 Å². The second-order valence-corrected chi connectivity index (χ2v) is 1.51. The van der Waals surface area contributed by atoms with Crippen LogP contribution in [0.2, 0.25) is 0 Å². The van der Waals surface area contributed by atoms with Crippen molar-refractivity contribution in [2.75, 3.05) is 0 Å². The quantitative estimate of drug-likeness (QED) is 0.335. The van der Waals surface area contributed by atoms with Gasteiger partial charge in [0.15, 0.2) is 5.78 Å². The second-order valence-electron chi connectivity index (χ2n) is 1.51. The van der Waals surface area contributed by atoms with Crippen LogP contribution in [0, 0.1) is 0 Å². The summed E-state index contributed by atoms with van der Waals surface area (Å²) in [5, 5.41) is 8.00. The van der Waals surface area contributed by atoms with Gasteiger partial charge in [-0.2, -0.15) is 0 Å². The molecule has 0 aliphatic rings. The molecule has 0 radical (unpaired) electrons. The first kappa shape index (κ1) is 8.55. The minimum Gasteiger partial charge on any atom is -0.478 e. The number of hydrogen-bond acceptors (Lipinski definition) is 3. The Morgan fingerprint density at radius 2 is 1.90 bits per heavy atom. The van der Waals surface area contributed by atoms with E-state index in [1.54, 1.807) is 0 Å². The monoisotopic (exact) mass is 142 g/mol. The van der Waals surface area contributed by atoms with Crippen LogP contribution in [0.1, 0.15) is 6.42 Å². The Bertz CT molecular complexity index is 180.